The second-order valence-corrected chi connectivity index (χ2v) is 10.5. The summed E-state index contributed by atoms with van der Waals surface area (Å²) in [6.07, 6.45) is 0.446. The van der Waals surface area contributed by atoms with Crippen molar-refractivity contribution in [1.29, 1.82) is 0 Å². The molecule has 216 valence electrons. The molecule has 13 nitrogen and oxygen atoms in total. The van der Waals surface area contributed by atoms with E-state index >= 15 is 0 Å². The Morgan fingerprint density at radius 2 is 1.75 bits per heavy atom. The van der Waals surface area contributed by atoms with Gasteiger partial charge in [-0.1, -0.05) is 12.1 Å². The lowest BCUT2D eigenvalue weighted by Crippen LogP contribution is -2.64. The Bertz CT molecular complexity index is 1130. The van der Waals surface area contributed by atoms with Crippen LogP contribution in [0.1, 0.15) is 48.0 Å². The highest BCUT2D eigenvalue weighted by atomic mass is 16.4. The van der Waals surface area contributed by atoms with E-state index < -0.39 is 48.2 Å². The first-order valence-corrected chi connectivity index (χ1v) is 13.6. The maximum absolute atomic E-state index is 13.6. The number of carboxylic acid groups (broad SMARTS) is 1. The number of carbonyl (C=O) groups excluding carboxylic acids is 5. The zero-order chi connectivity index (χ0) is 28.8. The fraction of sp³-hybridized carbons (Fsp3) is 0.556. The lowest BCUT2D eigenvalue weighted by Gasteiger charge is -2.43. The normalized spacial score (nSPS) is 23.1. The predicted octanol–water partition coefficient (Wildman–Crippen LogP) is -0.781. The largest absolute Gasteiger partial charge is 0.481 e. The van der Waals surface area contributed by atoms with Crippen LogP contribution in [0.3, 0.4) is 0 Å². The lowest BCUT2D eigenvalue weighted by atomic mass is 10.0. The molecule has 40 heavy (non-hydrogen) atoms. The molecule has 13 heteroatoms. The average Bonchev–Trinajstić information content (AvgIpc) is 3.06. The maximum atomic E-state index is 13.6. The Morgan fingerprint density at radius 1 is 1.05 bits per heavy atom. The molecule has 4 amide bonds. The third-order valence-electron chi connectivity index (χ3n) is 7.57. The molecule has 3 aliphatic rings. The number of likely N-dealkylation sites (N-methyl/N-ethyl adjacent to an activating group) is 1. The van der Waals surface area contributed by atoms with E-state index in [1.165, 1.54) is 5.01 Å². The van der Waals surface area contributed by atoms with Gasteiger partial charge < -0.3 is 25.4 Å². The lowest BCUT2D eigenvalue weighted by molar-refractivity contribution is -0.176. The first-order valence-electron chi connectivity index (χ1n) is 13.6. The van der Waals surface area contributed by atoms with Crippen LogP contribution in [-0.4, -0.2) is 119 Å². The Hall–Kier alpha value is -3.84. The van der Waals surface area contributed by atoms with Gasteiger partial charge in [-0.25, -0.2) is 5.01 Å². The second kappa shape index (κ2) is 13.0. The molecule has 3 aliphatic heterocycles. The molecule has 0 saturated carbocycles. The number of hydrogen-bond donors (Lipinski definition) is 3. The van der Waals surface area contributed by atoms with Crippen LogP contribution in [0.5, 0.6) is 0 Å². The number of rotatable bonds is 9. The number of nitrogens with zero attached hydrogens (tertiary/aromatic N) is 4. The van der Waals surface area contributed by atoms with E-state index in [0.717, 1.165) is 43.3 Å². The van der Waals surface area contributed by atoms with E-state index in [9.17, 15) is 28.8 Å². The second-order valence-electron chi connectivity index (χ2n) is 10.5. The van der Waals surface area contributed by atoms with Crippen molar-refractivity contribution in [1.82, 2.24) is 30.5 Å². The molecule has 3 heterocycles. The van der Waals surface area contributed by atoms with Gasteiger partial charge in [-0.3, -0.25) is 33.9 Å². The van der Waals surface area contributed by atoms with Crippen LogP contribution < -0.4 is 10.6 Å². The molecule has 2 unspecified atom stereocenters. The SMILES string of the molecule is CN1CCN(Cc2ccc(C(=O)NC3CCC(=O)N4CCCC(C(=O)N[C@H](C=O)CC(=O)O)N4C3=O)cc2)CC1. The molecular formula is C27H36N6O7. The highest BCUT2D eigenvalue weighted by Crippen LogP contribution is 2.25. The fourth-order valence-corrected chi connectivity index (χ4v) is 5.27. The summed E-state index contributed by atoms with van der Waals surface area (Å²) in [5, 5.41) is 16.4. The zero-order valence-electron chi connectivity index (χ0n) is 22.6. The van der Waals surface area contributed by atoms with E-state index in [4.69, 9.17) is 5.11 Å². The monoisotopic (exact) mass is 556 g/mol. The summed E-state index contributed by atoms with van der Waals surface area (Å²) >= 11 is 0. The fourth-order valence-electron chi connectivity index (χ4n) is 5.27. The molecule has 0 radical (unpaired) electrons. The van der Waals surface area contributed by atoms with Gasteiger partial charge in [0.05, 0.1) is 12.5 Å². The Kier molecular flexibility index (Phi) is 9.48. The molecule has 4 rings (SSSR count). The first-order chi connectivity index (χ1) is 19.2. The summed E-state index contributed by atoms with van der Waals surface area (Å²) in [6.45, 7) is 4.98. The topological polar surface area (TPSA) is 160 Å². The number of carbonyl (C=O) groups is 6. The van der Waals surface area contributed by atoms with Crippen LogP contribution in [0, 0.1) is 0 Å². The van der Waals surface area contributed by atoms with Crippen molar-refractivity contribution in [2.75, 3.05) is 39.8 Å². The van der Waals surface area contributed by atoms with Gasteiger partial charge in [0.1, 0.15) is 18.4 Å². The summed E-state index contributed by atoms with van der Waals surface area (Å²) in [5.41, 5.74) is 1.45. The van der Waals surface area contributed by atoms with Crippen LogP contribution in [0.25, 0.3) is 0 Å². The van der Waals surface area contributed by atoms with Crippen molar-refractivity contribution < 1.29 is 33.9 Å². The van der Waals surface area contributed by atoms with E-state index in [1.54, 1.807) is 12.1 Å². The minimum Gasteiger partial charge on any atom is -0.481 e. The van der Waals surface area contributed by atoms with Crippen LogP contribution >= 0.6 is 0 Å². The predicted molar refractivity (Wildman–Crippen MR) is 142 cm³/mol. The number of carboxylic acids is 1. The van der Waals surface area contributed by atoms with E-state index in [1.807, 2.05) is 12.1 Å². The number of benzene rings is 1. The maximum Gasteiger partial charge on any atom is 0.305 e. The van der Waals surface area contributed by atoms with Gasteiger partial charge in [0.2, 0.25) is 11.8 Å². The Morgan fingerprint density at radius 3 is 2.40 bits per heavy atom. The van der Waals surface area contributed by atoms with Crippen LogP contribution in [-0.2, 0) is 30.5 Å². The van der Waals surface area contributed by atoms with Gasteiger partial charge in [-0.2, -0.15) is 0 Å². The van der Waals surface area contributed by atoms with Gasteiger partial charge in [-0.05, 0) is 44.0 Å². The van der Waals surface area contributed by atoms with Crippen molar-refractivity contribution in [3.8, 4) is 0 Å². The molecule has 3 fully saturated rings. The van der Waals surface area contributed by atoms with Crippen LogP contribution in [0.4, 0.5) is 0 Å². The van der Waals surface area contributed by atoms with E-state index in [2.05, 4.69) is 27.5 Å². The molecule has 3 atom stereocenters. The van der Waals surface area contributed by atoms with Gasteiger partial charge in [0.25, 0.3) is 11.8 Å². The number of aliphatic carboxylic acids is 1. The molecule has 0 aromatic heterocycles. The molecule has 1 aromatic rings. The van der Waals surface area contributed by atoms with Crippen molar-refractivity contribution in [3.63, 3.8) is 0 Å². The van der Waals surface area contributed by atoms with E-state index in [-0.39, 0.29) is 31.7 Å². The number of nitrogens with one attached hydrogen (secondary N) is 2. The van der Waals surface area contributed by atoms with E-state index in [0.29, 0.717) is 18.3 Å². The van der Waals surface area contributed by atoms with Crippen molar-refractivity contribution in [2.45, 2.75) is 56.8 Å². The van der Waals surface area contributed by atoms with Gasteiger partial charge >= 0.3 is 5.97 Å². The smallest absolute Gasteiger partial charge is 0.305 e. The first kappa shape index (κ1) is 29.2. The number of amides is 4. The summed E-state index contributed by atoms with van der Waals surface area (Å²) < 4.78 is 0. The minimum absolute atomic E-state index is 0.00145. The highest BCUT2D eigenvalue weighted by molar-refractivity contribution is 6.00. The van der Waals surface area contributed by atoms with Gasteiger partial charge in [0.15, 0.2) is 0 Å². The summed E-state index contributed by atoms with van der Waals surface area (Å²) in [5.74, 6) is -3.42. The summed E-state index contributed by atoms with van der Waals surface area (Å²) in [6, 6.07) is 3.76. The molecule has 0 bridgehead atoms. The van der Waals surface area contributed by atoms with Crippen molar-refractivity contribution >= 4 is 35.9 Å². The van der Waals surface area contributed by atoms with Crippen LogP contribution in [0.2, 0.25) is 0 Å². The molecule has 3 saturated heterocycles. The molecule has 1 aromatic carbocycles. The average molecular weight is 557 g/mol. The molecule has 3 N–H and O–H groups in total. The highest BCUT2D eigenvalue weighted by Gasteiger charge is 2.45. The number of hydrazine groups is 1. The number of piperazine rings is 1. The van der Waals surface area contributed by atoms with Crippen molar-refractivity contribution in [3.05, 3.63) is 35.4 Å². The standard InChI is InChI=1S/C27H36N6O7/c1-30-11-13-31(14-12-30)16-18-4-6-19(7-5-18)25(38)29-21-8-9-23(35)32-10-2-3-22(33(32)27(21)40)26(39)28-20(17-34)15-24(36)37/h4-7,17,20-22H,2-3,8-16H2,1H3,(H,28,39)(H,29,38)(H,36,37)/t20-,21?,22?/m0/s1. The molecule has 0 aliphatic carbocycles. The zero-order valence-corrected chi connectivity index (χ0v) is 22.6. The number of hydrogen-bond acceptors (Lipinski definition) is 8. The summed E-state index contributed by atoms with van der Waals surface area (Å²) in [4.78, 5) is 79.5. The Balaban J connectivity index is 1.43. The third kappa shape index (κ3) is 7.02. The number of fused-ring (bicyclic) bond motifs is 1. The van der Waals surface area contributed by atoms with Crippen molar-refractivity contribution in [2.24, 2.45) is 0 Å². The van der Waals surface area contributed by atoms with Gasteiger partial charge in [0, 0.05) is 51.3 Å². The third-order valence-corrected chi connectivity index (χ3v) is 7.57. The quantitative estimate of drug-likeness (QED) is 0.332. The van der Waals surface area contributed by atoms with Gasteiger partial charge in [-0.15, -0.1) is 0 Å². The minimum atomic E-state index is -1.27. The molecular weight excluding hydrogens is 520 g/mol. The molecule has 0 spiro atoms. The van der Waals surface area contributed by atoms with Crippen LogP contribution in [0.15, 0.2) is 24.3 Å². The Labute approximate surface area is 232 Å². The summed E-state index contributed by atoms with van der Waals surface area (Å²) in [7, 11) is 2.10. The number of aldehydes is 1.